The maximum absolute atomic E-state index is 6.21. The number of pyridine rings is 1. The number of methoxy groups -OCH3 is 1. The fourth-order valence-corrected chi connectivity index (χ4v) is 3.48. The Morgan fingerprint density at radius 3 is 2.70 bits per heavy atom. The van der Waals surface area contributed by atoms with Crippen LogP contribution < -0.4 is 10.5 Å². The lowest BCUT2D eigenvalue weighted by atomic mass is 10.0. The van der Waals surface area contributed by atoms with Gasteiger partial charge < -0.3 is 15.5 Å². The molecule has 0 aliphatic rings. The first kappa shape index (κ1) is 19.7. The first-order chi connectivity index (χ1) is 14.6. The molecular formula is C25H26N4O. The molecule has 30 heavy (non-hydrogen) atoms. The molecule has 2 aromatic heterocycles. The fourth-order valence-electron chi connectivity index (χ4n) is 3.48. The lowest BCUT2D eigenvalue weighted by Gasteiger charge is -2.09. The first-order valence-electron chi connectivity index (χ1n) is 10.1. The van der Waals surface area contributed by atoms with Crippen LogP contribution in [-0.4, -0.2) is 29.5 Å². The smallest absolute Gasteiger partial charge is 0.137 e. The van der Waals surface area contributed by atoms with E-state index in [1.807, 2.05) is 42.7 Å². The Bertz CT molecular complexity index is 1210. The number of aromatic nitrogens is 2. The van der Waals surface area contributed by atoms with E-state index in [1.165, 1.54) is 0 Å². The van der Waals surface area contributed by atoms with Gasteiger partial charge in [-0.25, -0.2) is 4.98 Å². The van der Waals surface area contributed by atoms with Gasteiger partial charge in [-0.15, -0.1) is 0 Å². The van der Waals surface area contributed by atoms with Gasteiger partial charge in [0.05, 0.1) is 7.11 Å². The van der Waals surface area contributed by atoms with Crippen molar-refractivity contribution in [2.75, 3.05) is 13.7 Å². The second-order valence-electron chi connectivity index (χ2n) is 7.72. The molecule has 5 heteroatoms. The zero-order valence-corrected chi connectivity index (χ0v) is 17.5. The molecule has 3 N–H and O–H groups in total. The number of H-pyrrole nitrogens is 1. The second-order valence-corrected chi connectivity index (χ2v) is 7.72. The molecule has 0 amide bonds. The van der Waals surface area contributed by atoms with E-state index >= 15 is 0 Å². The minimum atomic E-state index is 0.473. The van der Waals surface area contributed by atoms with E-state index in [1.54, 1.807) is 7.11 Å². The van der Waals surface area contributed by atoms with Crippen LogP contribution >= 0.6 is 0 Å². The predicted octanol–water partition coefficient (Wildman–Crippen LogP) is 5.27. The van der Waals surface area contributed by atoms with Crippen LogP contribution in [0.2, 0.25) is 0 Å². The van der Waals surface area contributed by atoms with Gasteiger partial charge in [-0.05, 0) is 29.7 Å². The van der Waals surface area contributed by atoms with Crippen molar-refractivity contribution in [3.8, 4) is 28.0 Å². The van der Waals surface area contributed by atoms with Crippen LogP contribution in [0.3, 0.4) is 0 Å². The highest BCUT2D eigenvalue weighted by Crippen LogP contribution is 2.36. The summed E-state index contributed by atoms with van der Waals surface area (Å²) in [6.07, 6.45) is 3.86. The average molecular weight is 399 g/mol. The van der Waals surface area contributed by atoms with Crippen molar-refractivity contribution < 1.29 is 4.74 Å². The molecule has 152 valence electrons. The molecule has 0 bridgehead atoms. The number of nitrogens with two attached hydrogens (primary N) is 1. The van der Waals surface area contributed by atoms with Crippen molar-refractivity contribution in [3.63, 3.8) is 0 Å². The highest BCUT2D eigenvalue weighted by Gasteiger charge is 2.13. The zero-order chi connectivity index (χ0) is 21.1. The van der Waals surface area contributed by atoms with Crippen molar-refractivity contribution in [2.24, 2.45) is 16.6 Å². The summed E-state index contributed by atoms with van der Waals surface area (Å²) in [6.45, 7) is 4.98. The number of para-hydroxylation sites is 1. The monoisotopic (exact) mass is 398 g/mol. The van der Waals surface area contributed by atoms with Crippen molar-refractivity contribution in [3.05, 3.63) is 72.6 Å². The van der Waals surface area contributed by atoms with Gasteiger partial charge in [0.15, 0.2) is 0 Å². The van der Waals surface area contributed by atoms with E-state index in [0.717, 1.165) is 51.1 Å². The van der Waals surface area contributed by atoms with Gasteiger partial charge in [-0.2, -0.15) is 0 Å². The van der Waals surface area contributed by atoms with Crippen molar-refractivity contribution in [1.82, 2.24) is 9.97 Å². The molecule has 4 aromatic rings. The molecule has 0 radical (unpaired) electrons. The Morgan fingerprint density at radius 2 is 1.90 bits per heavy atom. The zero-order valence-electron chi connectivity index (χ0n) is 17.5. The summed E-state index contributed by atoms with van der Waals surface area (Å²) in [5.74, 6) is 1.87. The Labute approximate surface area is 176 Å². The number of nitrogens with one attached hydrogen (secondary N) is 1. The number of aliphatic imine (C=N–C) groups is 1. The lowest BCUT2D eigenvalue weighted by molar-refractivity contribution is 0.416. The number of nitrogens with zero attached hydrogens (tertiary/aromatic N) is 2. The van der Waals surface area contributed by atoms with Crippen LogP contribution in [0, 0.1) is 5.92 Å². The van der Waals surface area contributed by atoms with Gasteiger partial charge in [0, 0.05) is 46.6 Å². The number of amidine groups is 1. The molecule has 0 fully saturated rings. The van der Waals surface area contributed by atoms with Crippen LogP contribution in [0.25, 0.3) is 33.3 Å². The summed E-state index contributed by atoms with van der Waals surface area (Å²) in [4.78, 5) is 12.4. The van der Waals surface area contributed by atoms with Crippen molar-refractivity contribution >= 4 is 16.9 Å². The summed E-state index contributed by atoms with van der Waals surface area (Å²) in [6, 6.07) is 18.3. The molecule has 0 atom stereocenters. The van der Waals surface area contributed by atoms with Gasteiger partial charge in [0.25, 0.3) is 0 Å². The fraction of sp³-hybridized carbons (Fsp3) is 0.200. The maximum Gasteiger partial charge on any atom is 0.137 e. The third-order valence-electron chi connectivity index (χ3n) is 5.05. The summed E-state index contributed by atoms with van der Waals surface area (Å²) in [5.41, 5.74) is 12.1. The van der Waals surface area contributed by atoms with Gasteiger partial charge >= 0.3 is 0 Å². The molecule has 5 nitrogen and oxygen atoms in total. The van der Waals surface area contributed by atoms with E-state index in [4.69, 9.17) is 10.5 Å². The molecule has 0 unspecified atom stereocenters. The van der Waals surface area contributed by atoms with Crippen LogP contribution in [0.1, 0.15) is 19.4 Å². The van der Waals surface area contributed by atoms with E-state index in [2.05, 4.69) is 53.1 Å². The summed E-state index contributed by atoms with van der Waals surface area (Å²) in [7, 11) is 1.69. The molecule has 2 heterocycles. The molecule has 0 saturated heterocycles. The lowest BCUT2D eigenvalue weighted by Crippen LogP contribution is -2.15. The molecule has 0 aliphatic carbocycles. The Kier molecular flexibility index (Phi) is 5.53. The van der Waals surface area contributed by atoms with E-state index in [-0.39, 0.29) is 0 Å². The number of hydrogen-bond donors (Lipinski definition) is 2. The number of ether oxygens (including phenoxy) is 1. The molecule has 0 aliphatic heterocycles. The summed E-state index contributed by atoms with van der Waals surface area (Å²) in [5, 5.41) is 1.05. The van der Waals surface area contributed by atoms with Gasteiger partial charge in [0.1, 0.15) is 17.2 Å². The number of benzene rings is 2. The molecule has 2 aromatic carbocycles. The van der Waals surface area contributed by atoms with Gasteiger partial charge in [-0.1, -0.05) is 50.2 Å². The topological polar surface area (TPSA) is 76.3 Å². The minimum absolute atomic E-state index is 0.473. The average Bonchev–Trinajstić information content (AvgIpc) is 3.20. The third kappa shape index (κ3) is 3.92. The van der Waals surface area contributed by atoms with Crippen molar-refractivity contribution in [2.45, 2.75) is 13.8 Å². The maximum atomic E-state index is 6.21. The van der Waals surface area contributed by atoms with Crippen LogP contribution in [0.15, 0.2) is 72.0 Å². The minimum Gasteiger partial charge on any atom is -0.496 e. The summed E-state index contributed by atoms with van der Waals surface area (Å²) < 4.78 is 5.55. The Balaban J connectivity index is 1.76. The number of hydrogen-bond acceptors (Lipinski definition) is 3. The Hall–Kier alpha value is -3.60. The molecule has 0 saturated carbocycles. The molecular weight excluding hydrogens is 372 g/mol. The van der Waals surface area contributed by atoms with Gasteiger partial charge in [0.2, 0.25) is 0 Å². The van der Waals surface area contributed by atoms with E-state index in [9.17, 15) is 0 Å². The summed E-state index contributed by atoms with van der Waals surface area (Å²) >= 11 is 0. The number of aromatic amines is 1. The van der Waals surface area contributed by atoms with E-state index in [0.29, 0.717) is 11.8 Å². The predicted molar refractivity (Wildman–Crippen MR) is 124 cm³/mol. The first-order valence-corrected chi connectivity index (χ1v) is 10.1. The van der Waals surface area contributed by atoms with E-state index < -0.39 is 0 Å². The quantitative estimate of drug-likeness (QED) is 0.343. The van der Waals surface area contributed by atoms with Crippen LogP contribution in [-0.2, 0) is 0 Å². The normalized spacial score (nSPS) is 11.9. The highest BCUT2D eigenvalue weighted by atomic mass is 16.5. The third-order valence-corrected chi connectivity index (χ3v) is 5.05. The largest absolute Gasteiger partial charge is 0.496 e. The Morgan fingerprint density at radius 1 is 1.07 bits per heavy atom. The van der Waals surface area contributed by atoms with Gasteiger partial charge in [-0.3, -0.25) is 4.99 Å². The number of rotatable bonds is 6. The molecule has 0 spiro atoms. The standard InChI is InChI=1S/C25H26N4O/c1-16(2)13-27-24(26)18-8-6-7-17(11-18)19-12-21-22(15-29-25(21)28-14-19)20-9-4-5-10-23(20)30-3/h4-12,14-16H,13H2,1-3H3,(H2,26,27)(H,28,29). The second kappa shape index (κ2) is 8.41. The SMILES string of the molecule is COc1ccccc1-c1c[nH]c2ncc(-c3cccc(C(N)=NCC(C)C)c3)cc12. The molecule has 4 rings (SSSR count). The number of fused-ring (bicyclic) bond motifs is 1. The van der Waals surface area contributed by atoms with Crippen LogP contribution in [0.4, 0.5) is 0 Å². The highest BCUT2D eigenvalue weighted by molar-refractivity contribution is 6.00. The van der Waals surface area contributed by atoms with Crippen molar-refractivity contribution in [1.29, 1.82) is 0 Å². The van der Waals surface area contributed by atoms with Crippen LogP contribution in [0.5, 0.6) is 5.75 Å².